The third-order valence-corrected chi connectivity index (χ3v) is 10.8. The van der Waals surface area contributed by atoms with E-state index in [-0.39, 0.29) is 0 Å². The molecule has 3 heterocycles. The number of nitrogens with zero attached hydrogens (tertiary/aromatic N) is 5. The maximum absolute atomic E-state index is 5.07. The first-order chi connectivity index (χ1) is 27.8. The summed E-state index contributed by atoms with van der Waals surface area (Å²) in [5.41, 5.74) is 11.9. The predicted molar refractivity (Wildman–Crippen MR) is 230 cm³/mol. The molecule has 56 heavy (non-hydrogen) atoms. The van der Waals surface area contributed by atoms with Crippen LogP contribution < -0.4 is 0 Å². The smallest absolute Gasteiger partial charge is 0.164 e. The van der Waals surface area contributed by atoms with Crippen molar-refractivity contribution in [2.24, 2.45) is 0 Å². The Morgan fingerprint density at radius 3 is 1.21 bits per heavy atom. The van der Waals surface area contributed by atoms with Gasteiger partial charge in [0.2, 0.25) is 0 Å². The van der Waals surface area contributed by atoms with Gasteiger partial charge in [-0.15, -0.1) is 0 Å². The van der Waals surface area contributed by atoms with Crippen LogP contribution in [0.4, 0.5) is 0 Å². The van der Waals surface area contributed by atoms with E-state index in [1.165, 1.54) is 38.2 Å². The van der Waals surface area contributed by atoms with E-state index in [1.807, 2.05) is 60.7 Å². The Kier molecular flexibility index (Phi) is 7.42. The van der Waals surface area contributed by atoms with Gasteiger partial charge in [0.25, 0.3) is 0 Å². The third kappa shape index (κ3) is 5.21. The molecule has 0 spiro atoms. The first-order valence-electron chi connectivity index (χ1n) is 18.9. The highest BCUT2D eigenvalue weighted by Crippen LogP contribution is 2.42. The van der Waals surface area contributed by atoms with E-state index in [1.54, 1.807) is 0 Å². The summed E-state index contributed by atoms with van der Waals surface area (Å²) in [6.45, 7) is 0. The van der Waals surface area contributed by atoms with E-state index in [9.17, 15) is 0 Å². The second-order valence-corrected chi connectivity index (χ2v) is 14.1. The molecule has 0 amide bonds. The van der Waals surface area contributed by atoms with Crippen molar-refractivity contribution in [1.82, 2.24) is 24.1 Å². The molecule has 0 aliphatic rings. The highest BCUT2D eigenvalue weighted by atomic mass is 15.1. The fraction of sp³-hybridized carbons (Fsp3) is 0. The molecule has 0 saturated heterocycles. The molecule has 262 valence electrons. The standard InChI is InChI=1S/C51H33N5/c1-4-15-34(16-5-1)35-27-29-39(30-28-35)55-45-25-12-10-23-41(45)43-31-32-44-42-24-11-13-26-46(42)56(48(44)47(43)55)40-22-14-21-38(33-40)51-53-49(36-17-6-2-7-18-36)52-50(54-51)37-19-8-3-9-20-37/h1-33H. The van der Waals surface area contributed by atoms with E-state index >= 15 is 0 Å². The number of fused-ring (bicyclic) bond motifs is 7. The topological polar surface area (TPSA) is 48.5 Å². The van der Waals surface area contributed by atoms with Crippen LogP contribution in [-0.2, 0) is 0 Å². The van der Waals surface area contributed by atoms with Crippen LogP contribution in [0.2, 0.25) is 0 Å². The lowest BCUT2D eigenvalue weighted by Gasteiger charge is -2.14. The van der Waals surface area contributed by atoms with Crippen LogP contribution in [0, 0.1) is 0 Å². The monoisotopic (exact) mass is 715 g/mol. The van der Waals surface area contributed by atoms with Crippen LogP contribution in [0.25, 0.3) is 100 Å². The van der Waals surface area contributed by atoms with Crippen LogP contribution >= 0.6 is 0 Å². The second-order valence-electron chi connectivity index (χ2n) is 14.1. The van der Waals surface area contributed by atoms with Crippen molar-refractivity contribution < 1.29 is 0 Å². The average molecular weight is 716 g/mol. The fourth-order valence-electron chi connectivity index (χ4n) is 8.19. The molecule has 5 nitrogen and oxygen atoms in total. The average Bonchev–Trinajstić information content (AvgIpc) is 3.80. The molecule has 8 aromatic carbocycles. The molecule has 0 fully saturated rings. The molecule has 0 aliphatic carbocycles. The Morgan fingerprint density at radius 2 is 0.679 bits per heavy atom. The van der Waals surface area contributed by atoms with Gasteiger partial charge >= 0.3 is 0 Å². The van der Waals surface area contributed by atoms with Crippen molar-refractivity contribution >= 4 is 43.6 Å². The molecule has 0 unspecified atom stereocenters. The maximum atomic E-state index is 5.07. The number of hydrogen-bond donors (Lipinski definition) is 0. The van der Waals surface area contributed by atoms with Crippen LogP contribution in [0.5, 0.6) is 0 Å². The zero-order valence-electron chi connectivity index (χ0n) is 30.3. The molecule has 0 saturated carbocycles. The number of hydrogen-bond acceptors (Lipinski definition) is 3. The normalized spacial score (nSPS) is 11.6. The lowest BCUT2D eigenvalue weighted by Crippen LogP contribution is -2.01. The van der Waals surface area contributed by atoms with E-state index in [0.717, 1.165) is 44.6 Å². The minimum atomic E-state index is 0.623. The quantitative estimate of drug-likeness (QED) is 0.172. The summed E-state index contributed by atoms with van der Waals surface area (Å²) in [5, 5.41) is 4.82. The van der Waals surface area contributed by atoms with Crippen LogP contribution in [0.15, 0.2) is 200 Å². The van der Waals surface area contributed by atoms with Gasteiger partial charge in [0.1, 0.15) is 0 Å². The van der Waals surface area contributed by atoms with Gasteiger partial charge < -0.3 is 9.13 Å². The zero-order chi connectivity index (χ0) is 37.0. The van der Waals surface area contributed by atoms with Crippen molar-refractivity contribution in [2.75, 3.05) is 0 Å². The van der Waals surface area contributed by atoms with Gasteiger partial charge in [-0.05, 0) is 47.5 Å². The minimum absolute atomic E-state index is 0.623. The Bertz CT molecular complexity index is 3160. The van der Waals surface area contributed by atoms with Crippen molar-refractivity contribution in [3.8, 4) is 56.7 Å². The highest BCUT2D eigenvalue weighted by Gasteiger charge is 2.22. The molecule has 11 aromatic rings. The SMILES string of the molecule is c1ccc(-c2ccc(-n3c4ccccc4c4ccc5c6ccccc6n(-c6cccc(-c7nc(-c8ccccc8)nc(-c8ccccc8)n7)c6)c5c43)cc2)cc1. The summed E-state index contributed by atoms with van der Waals surface area (Å²) in [6.07, 6.45) is 0. The molecular weight excluding hydrogens is 683 g/mol. The van der Waals surface area contributed by atoms with E-state index in [0.29, 0.717) is 17.5 Å². The lowest BCUT2D eigenvalue weighted by molar-refractivity contribution is 1.07. The van der Waals surface area contributed by atoms with E-state index in [4.69, 9.17) is 15.0 Å². The molecule has 0 aliphatic heterocycles. The number of aromatic nitrogens is 5. The fourth-order valence-corrected chi connectivity index (χ4v) is 8.19. The Hall–Kier alpha value is -7.63. The highest BCUT2D eigenvalue weighted by molar-refractivity contribution is 6.23. The van der Waals surface area contributed by atoms with E-state index in [2.05, 4.69) is 149 Å². The second kappa shape index (κ2) is 13.0. The van der Waals surface area contributed by atoms with Gasteiger partial charge in [-0.1, -0.05) is 164 Å². The summed E-state index contributed by atoms with van der Waals surface area (Å²) in [7, 11) is 0. The molecule has 11 rings (SSSR count). The van der Waals surface area contributed by atoms with Gasteiger partial charge in [0.05, 0.1) is 22.1 Å². The molecular formula is C51H33N5. The van der Waals surface area contributed by atoms with Gasteiger partial charge in [0, 0.05) is 49.6 Å². The molecule has 0 bridgehead atoms. The first kappa shape index (κ1) is 31.9. The lowest BCUT2D eigenvalue weighted by atomic mass is 10.1. The van der Waals surface area contributed by atoms with Crippen molar-refractivity contribution in [3.63, 3.8) is 0 Å². The van der Waals surface area contributed by atoms with Crippen molar-refractivity contribution in [1.29, 1.82) is 0 Å². The summed E-state index contributed by atoms with van der Waals surface area (Å²) in [6, 6.07) is 70.4. The minimum Gasteiger partial charge on any atom is -0.307 e. The van der Waals surface area contributed by atoms with Gasteiger partial charge in [0.15, 0.2) is 17.5 Å². The molecule has 3 aromatic heterocycles. The maximum Gasteiger partial charge on any atom is 0.164 e. The van der Waals surface area contributed by atoms with Gasteiger partial charge in [-0.25, -0.2) is 15.0 Å². The van der Waals surface area contributed by atoms with Gasteiger partial charge in [-0.2, -0.15) is 0 Å². The van der Waals surface area contributed by atoms with Crippen molar-refractivity contribution in [2.45, 2.75) is 0 Å². The van der Waals surface area contributed by atoms with Crippen molar-refractivity contribution in [3.05, 3.63) is 200 Å². The first-order valence-corrected chi connectivity index (χ1v) is 18.9. The van der Waals surface area contributed by atoms with Crippen LogP contribution in [0.3, 0.4) is 0 Å². The van der Waals surface area contributed by atoms with E-state index < -0.39 is 0 Å². The largest absolute Gasteiger partial charge is 0.307 e. The van der Waals surface area contributed by atoms with Crippen LogP contribution in [0.1, 0.15) is 0 Å². The summed E-state index contributed by atoms with van der Waals surface area (Å²) < 4.78 is 4.85. The summed E-state index contributed by atoms with van der Waals surface area (Å²) >= 11 is 0. The zero-order valence-corrected chi connectivity index (χ0v) is 30.3. The number of benzene rings is 8. The summed E-state index contributed by atoms with van der Waals surface area (Å²) in [5.74, 6) is 1.90. The Labute approximate surface area is 323 Å². The van der Waals surface area contributed by atoms with Crippen LogP contribution in [-0.4, -0.2) is 24.1 Å². The molecule has 0 atom stereocenters. The molecule has 5 heteroatoms. The Morgan fingerprint density at radius 1 is 0.268 bits per heavy atom. The third-order valence-electron chi connectivity index (χ3n) is 10.8. The predicted octanol–water partition coefficient (Wildman–Crippen LogP) is 12.7. The summed E-state index contributed by atoms with van der Waals surface area (Å²) in [4.78, 5) is 15.1. The number of para-hydroxylation sites is 2. The Balaban J connectivity index is 1.17. The van der Waals surface area contributed by atoms with Gasteiger partial charge in [-0.3, -0.25) is 0 Å². The molecule has 0 N–H and O–H groups in total. The number of rotatable bonds is 6. The molecule has 0 radical (unpaired) electrons.